The van der Waals surface area contributed by atoms with E-state index in [0.717, 1.165) is 5.56 Å². The number of hydrogen-bond acceptors (Lipinski definition) is 6. The Labute approximate surface area is 169 Å². The maximum Gasteiger partial charge on any atom is 0.347 e. The molecule has 29 heavy (non-hydrogen) atoms. The number of ether oxygens (including phenoxy) is 3. The standard InChI is InChI=1S/C23H24O6/c1-14(2)12-27-23(25)16(4)28-18-8-9-19-20(11-18)26-13-21(22(19)24)29-17-7-5-6-15(3)10-17/h5-11,13-14,16H,12H2,1-4H3. The van der Waals surface area contributed by atoms with Crippen LogP contribution in [0.5, 0.6) is 17.2 Å². The Hall–Kier alpha value is -3.28. The van der Waals surface area contributed by atoms with E-state index in [1.54, 1.807) is 31.2 Å². The molecule has 0 fully saturated rings. The molecule has 1 unspecified atom stereocenters. The van der Waals surface area contributed by atoms with Crippen molar-refractivity contribution in [1.29, 1.82) is 0 Å². The number of rotatable bonds is 7. The second-order valence-corrected chi connectivity index (χ2v) is 7.29. The van der Waals surface area contributed by atoms with Crippen molar-refractivity contribution in [2.24, 2.45) is 5.92 Å². The molecule has 0 aliphatic rings. The van der Waals surface area contributed by atoms with Crippen molar-refractivity contribution in [2.75, 3.05) is 6.61 Å². The minimum Gasteiger partial charge on any atom is -0.479 e. The summed E-state index contributed by atoms with van der Waals surface area (Å²) in [6.45, 7) is 7.81. The molecular weight excluding hydrogens is 372 g/mol. The summed E-state index contributed by atoms with van der Waals surface area (Å²) < 4.78 is 22.0. The van der Waals surface area contributed by atoms with Crippen LogP contribution in [0.2, 0.25) is 0 Å². The predicted octanol–water partition coefficient (Wildman–Crippen LogP) is 4.86. The third kappa shape index (κ3) is 5.16. The highest BCUT2D eigenvalue weighted by Crippen LogP contribution is 2.25. The molecule has 0 radical (unpaired) electrons. The number of fused-ring (bicyclic) bond motifs is 1. The van der Waals surface area contributed by atoms with Gasteiger partial charge in [-0.25, -0.2) is 4.79 Å². The average Bonchev–Trinajstić information content (AvgIpc) is 2.68. The second-order valence-electron chi connectivity index (χ2n) is 7.29. The van der Waals surface area contributed by atoms with E-state index in [1.165, 1.54) is 6.26 Å². The molecule has 1 heterocycles. The lowest BCUT2D eigenvalue weighted by Gasteiger charge is -2.15. The van der Waals surface area contributed by atoms with Crippen LogP contribution in [0.25, 0.3) is 11.0 Å². The Balaban J connectivity index is 1.77. The zero-order chi connectivity index (χ0) is 21.0. The quantitative estimate of drug-likeness (QED) is 0.531. The molecule has 0 saturated carbocycles. The topological polar surface area (TPSA) is 75.0 Å². The van der Waals surface area contributed by atoms with Gasteiger partial charge in [0, 0.05) is 6.07 Å². The fraction of sp³-hybridized carbons (Fsp3) is 0.304. The fourth-order valence-electron chi connectivity index (χ4n) is 2.66. The van der Waals surface area contributed by atoms with Crippen LogP contribution in [0.4, 0.5) is 0 Å². The van der Waals surface area contributed by atoms with Crippen molar-refractivity contribution >= 4 is 16.9 Å². The maximum absolute atomic E-state index is 12.7. The van der Waals surface area contributed by atoms with Crippen molar-refractivity contribution < 1.29 is 23.4 Å². The van der Waals surface area contributed by atoms with E-state index in [4.69, 9.17) is 18.6 Å². The third-order valence-corrected chi connectivity index (χ3v) is 4.14. The maximum atomic E-state index is 12.7. The van der Waals surface area contributed by atoms with Crippen LogP contribution in [-0.4, -0.2) is 18.7 Å². The van der Waals surface area contributed by atoms with Crippen LogP contribution in [0, 0.1) is 12.8 Å². The van der Waals surface area contributed by atoms with Gasteiger partial charge in [-0.1, -0.05) is 26.0 Å². The van der Waals surface area contributed by atoms with Gasteiger partial charge in [0.25, 0.3) is 0 Å². The SMILES string of the molecule is Cc1cccc(Oc2coc3cc(OC(C)C(=O)OCC(C)C)ccc3c2=O)c1. The molecule has 3 rings (SSSR count). The molecule has 0 N–H and O–H groups in total. The summed E-state index contributed by atoms with van der Waals surface area (Å²) in [6.07, 6.45) is 0.499. The number of esters is 1. The zero-order valence-electron chi connectivity index (χ0n) is 16.9. The van der Waals surface area contributed by atoms with Gasteiger partial charge in [0.15, 0.2) is 6.10 Å². The first-order chi connectivity index (χ1) is 13.8. The van der Waals surface area contributed by atoms with Gasteiger partial charge in [0.05, 0.1) is 12.0 Å². The lowest BCUT2D eigenvalue weighted by atomic mass is 10.2. The monoisotopic (exact) mass is 396 g/mol. The predicted molar refractivity (Wildman–Crippen MR) is 110 cm³/mol. The molecule has 6 nitrogen and oxygen atoms in total. The first-order valence-corrected chi connectivity index (χ1v) is 9.47. The lowest BCUT2D eigenvalue weighted by molar-refractivity contribution is -0.152. The third-order valence-electron chi connectivity index (χ3n) is 4.14. The van der Waals surface area contributed by atoms with E-state index < -0.39 is 12.1 Å². The first kappa shape index (κ1) is 20.5. The summed E-state index contributed by atoms with van der Waals surface area (Å²) in [6, 6.07) is 12.2. The lowest BCUT2D eigenvalue weighted by Crippen LogP contribution is -2.27. The molecule has 0 aliphatic carbocycles. The highest BCUT2D eigenvalue weighted by atomic mass is 16.6. The highest BCUT2D eigenvalue weighted by Gasteiger charge is 2.18. The average molecular weight is 396 g/mol. The van der Waals surface area contributed by atoms with Gasteiger partial charge in [0.2, 0.25) is 11.2 Å². The van der Waals surface area contributed by atoms with E-state index in [9.17, 15) is 9.59 Å². The van der Waals surface area contributed by atoms with Gasteiger partial charge in [-0.05, 0) is 49.6 Å². The van der Waals surface area contributed by atoms with Gasteiger partial charge < -0.3 is 18.6 Å². The Kier molecular flexibility index (Phi) is 6.22. The fourth-order valence-corrected chi connectivity index (χ4v) is 2.66. The van der Waals surface area contributed by atoms with E-state index >= 15 is 0 Å². The molecule has 6 heteroatoms. The van der Waals surface area contributed by atoms with Crippen LogP contribution in [0.1, 0.15) is 26.3 Å². The number of carbonyl (C=O) groups excluding carboxylic acids is 1. The molecule has 2 aromatic carbocycles. The van der Waals surface area contributed by atoms with Crippen molar-refractivity contribution in [3.63, 3.8) is 0 Å². The van der Waals surface area contributed by atoms with Gasteiger partial charge >= 0.3 is 5.97 Å². The number of carbonyl (C=O) groups is 1. The van der Waals surface area contributed by atoms with E-state index in [-0.39, 0.29) is 17.1 Å². The molecule has 3 aromatic rings. The summed E-state index contributed by atoms with van der Waals surface area (Å²) in [5, 5.41) is 0.359. The highest BCUT2D eigenvalue weighted by molar-refractivity contribution is 5.79. The number of hydrogen-bond donors (Lipinski definition) is 0. The minimum atomic E-state index is -0.776. The van der Waals surface area contributed by atoms with Crippen molar-refractivity contribution in [3.05, 3.63) is 64.5 Å². The molecule has 1 atom stereocenters. The number of aryl methyl sites for hydroxylation is 1. The Bertz CT molecular complexity index is 1070. The molecule has 0 bridgehead atoms. The molecular formula is C23H24O6. The molecule has 152 valence electrons. The first-order valence-electron chi connectivity index (χ1n) is 9.47. The minimum absolute atomic E-state index is 0.0994. The Morgan fingerprint density at radius 2 is 1.86 bits per heavy atom. The van der Waals surface area contributed by atoms with Crippen LogP contribution in [0.15, 0.2) is 57.9 Å². The summed E-state index contributed by atoms with van der Waals surface area (Å²) >= 11 is 0. The molecule has 1 aromatic heterocycles. The summed E-state index contributed by atoms with van der Waals surface area (Å²) in [7, 11) is 0. The van der Waals surface area contributed by atoms with Gasteiger partial charge in [0.1, 0.15) is 23.3 Å². The van der Waals surface area contributed by atoms with Crippen molar-refractivity contribution in [1.82, 2.24) is 0 Å². The zero-order valence-corrected chi connectivity index (χ0v) is 16.9. The molecule has 0 aliphatic heterocycles. The normalized spacial score (nSPS) is 12.0. The summed E-state index contributed by atoms with van der Waals surface area (Å²) in [5.74, 6) is 0.870. The van der Waals surface area contributed by atoms with Crippen LogP contribution >= 0.6 is 0 Å². The largest absolute Gasteiger partial charge is 0.479 e. The van der Waals surface area contributed by atoms with Gasteiger partial charge in [-0.15, -0.1) is 0 Å². The Morgan fingerprint density at radius 1 is 1.07 bits per heavy atom. The van der Waals surface area contributed by atoms with Gasteiger partial charge in [-0.2, -0.15) is 0 Å². The molecule has 0 spiro atoms. The number of benzene rings is 2. The molecule has 0 saturated heterocycles. The van der Waals surface area contributed by atoms with Crippen LogP contribution in [0.3, 0.4) is 0 Å². The van der Waals surface area contributed by atoms with Crippen molar-refractivity contribution in [3.8, 4) is 17.2 Å². The second kappa shape index (κ2) is 8.82. The van der Waals surface area contributed by atoms with E-state index in [1.807, 2.05) is 39.0 Å². The smallest absolute Gasteiger partial charge is 0.347 e. The van der Waals surface area contributed by atoms with Crippen LogP contribution in [-0.2, 0) is 9.53 Å². The van der Waals surface area contributed by atoms with E-state index in [2.05, 4.69) is 0 Å². The van der Waals surface area contributed by atoms with Gasteiger partial charge in [-0.3, -0.25) is 4.79 Å². The van der Waals surface area contributed by atoms with Crippen molar-refractivity contribution in [2.45, 2.75) is 33.8 Å². The molecule has 0 amide bonds. The van der Waals surface area contributed by atoms with E-state index in [0.29, 0.717) is 29.1 Å². The summed E-state index contributed by atoms with van der Waals surface area (Å²) in [4.78, 5) is 24.7. The Morgan fingerprint density at radius 3 is 2.59 bits per heavy atom. The van der Waals surface area contributed by atoms with Crippen LogP contribution < -0.4 is 14.9 Å². The summed E-state index contributed by atoms with van der Waals surface area (Å²) in [5.41, 5.74) is 1.08.